The summed E-state index contributed by atoms with van der Waals surface area (Å²) < 4.78 is 2.34. The lowest BCUT2D eigenvalue weighted by Gasteiger charge is -2.18. The van der Waals surface area contributed by atoms with Gasteiger partial charge in [0.1, 0.15) is 0 Å². The van der Waals surface area contributed by atoms with Gasteiger partial charge in [-0.05, 0) is 103 Å². The van der Waals surface area contributed by atoms with Gasteiger partial charge in [0, 0.05) is 34.1 Å². The Morgan fingerprint density at radius 1 is 0.431 bits per heavy atom. The van der Waals surface area contributed by atoms with Crippen LogP contribution in [0.3, 0.4) is 0 Å². The molecule has 3 heteroatoms. The molecule has 0 spiro atoms. The number of rotatable bonds is 4. The maximum absolute atomic E-state index is 9.91. The first-order valence-electron chi connectivity index (χ1n) is 17.2. The molecule has 0 atom stereocenters. The predicted molar refractivity (Wildman–Crippen MR) is 212 cm³/mol. The summed E-state index contributed by atoms with van der Waals surface area (Å²) in [7, 11) is 0. The van der Waals surface area contributed by atoms with Gasteiger partial charge in [0.15, 0.2) is 0 Å². The molecule has 0 amide bonds. The van der Waals surface area contributed by atoms with Gasteiger partial charge in [0.05, 0.1) is 28.4 Å². The lowest BCUT2D eigenvalue weighted by molar-refractivity contribution is 1.20. The van der Waals surface area contributed by atoms with Crippen LogP contribution in [0.5, 0.6) is 0 Å². The van der Waals surface area contributed by atoms with E-state index in [2.05, 4.69) is 161 Å². The van der Waals surface area contributed by atoms with E-state index in [1.54, 1.807) is 0 Å². The van der Waals surface area contributed by atoms with Crippen molar-refractivity contribution in [3.63, 3.8) is 0 Å². The highest BCUT2D eigenvalue weighted by atomic mass is 15.0. The van der Waals surface area contributed by atoms with Gasteiger partial charge in [-0.2, -0.15) is 5.26 Å². The summed E-state index contributed by atoms with van der Waals surface area (Å²) in [5.74, 6) is 0. The number of benzene rings is 8. The fourth-order valence-electron chi connectivity index (χ4n) is 8.03. The Bertz CT molecular complexity index is 3020. The van der Waals surface area contributed by atoms with Crippen molar-refractivity contribution in [3.05, 3.63) is 182 Å². The lowest BCUT2D eigenvalue weighted by Crippen LogP contribution is -1.95. The van der Waals surface area contributed by atoms with Gasteiger partial charge >= 0.3 is 0 Å². The van der Waals surface area contributed by atoms with E-state index in [0.29, 0.717) is 5.56 Å². The monoisotopic (exact) mass is 647 g/mol. The predicted octanol–water partition coefficient (Wildman–Crippen LogP) is 12.5. The highest BCUT2D eigenvalue weighted by molar-refractivity contribution is 6.22. The van der Waals surface area contributed by atoms with E-state index < -0.39 is 0 Å². The van der Waals surface area contributed by atoms with Crippen molar-refractivity contribution in [2.75, 3.05) is 0 Å². The molecule has 51 heavy (non-hydrogen) atoms. The molecule has 0 N–H and O–H groups in total. The second-order valence-electron chi connectivity index (χ2n) is 13.1. The maximum atomic E-state index is 9.91. The Morgan fingerprint density at radius 2 is 1.04 bits per heavy atom. The van der Waals surface area contributed by atoms with E-state index in [9.17, 15) is 5.26 Å². The third-order valence-electron chi connectivity index (χ3n) is 10.3. The molecule has 0 radical (unpaired) electrons. The molecule has 10 rings (SSSR count). The molecule has 0 saturated carbocycles. The van der Waals surface area contributed by atoms with E-state index in [4.69, 9.17) is 0 Å². The highest BCUT2D eigenvalue weighted by Crippen LogP contribution is 2.45. The van der Waals surface area contributed by atoms with E-state index in [1.807, 2.05) is 30.6 Å². The molecule has 0 aliphatic heterocycles. The van der Waals surface area contributed by atoms with E-state index in [1.165, 1.54) is 49.0 Å². The molecule has 2 aromatic heterocycles. The Hall–Kier alpha value is -7.02. The number of nitrogens with zero attached hydrogens (tertiary/aromatic N) is 3. The van der Waals surface area contributed by atoms with Crippen LogP contribution in [-0.4, -0.2) is 9.55 Å². The Balaban J connectivity index is 1.26. The molecule has 3 nitrogen and oxygen atoms in total. The SMILES string of the molecule is N#Cc1ccc2c(c1)c1cc(-c3ccc4c(-c5ccccc5)c5ccccc5c(-c5cccnc5)c4c3)ccc1n2-c1cccc2ccccc12. The van der Waals surface area contributed by atoms with Crippen LogP contribution in [0.25, 0.3) is 93.2 Å². The fourth-order valence-corrected chi connectivity index (χ4v) is 8.03. The van der Waals surface area contributed by atoms with E-state index >= 15 is 0 Å². The second kappa shape index (κ2) is 11.6. The van der Waals surface area contributed by atoms with Gasteiger partial charge in [0.25, 0.3) is 0 Å². The van der Waals surface area contributed by atoms with Crippen LogP contribution in [0.2, 0.25) is 0 Å². The Morgan fingerprint density at radius 3 is 1.80 bits per heavy atom. The zero-order chi connectivity index (χ0) is 33.9. The normalized spacial score (nSPS) is 11.5. The molecule has 0 fully saturated rings. The summed E-state index contributed by atoms with van der Waals surface area (Å²) in [4.78, 5) is 4.53. The standard InChI is InChI=1S/C48H29N3/c49-29-31-19-23-45-41(26-31)42-27-35(21-24-46(42)51(45)44-18-8-13-32-10-4-5-15-37(32)44)34-20-22-40-43(28-34)48(36-14-9-25-50-30-36)39-17-7-6-16-38(39)47(40)33-11-2-1-3-12-33/h1-28,30H. The topological polar surface area (TPSA) is 41.6 Å². The van der Waals surface area contributed by atoms with Crippen molar-refractivity contribution in [3.8, 4) is 45.1 Å². The molecular formula is C48H29N3. The van der Waals surface area contributed by atoms with Crippen molar-refractivity contribution in [1.29, 1.82) is 5.26 Å². The largest absolute Gasteiger partial charge is 0.309 e. The van der Waals surface area contributed by atoms with Crippen LogP contribution in [0.15, 0.2) is 176 Å². The molecule has 0 aliphatic carbocycles. The van der Waals surface area contributed by atoms with Crippen LogP contribution in [0.4, 0.5) is 0 Å². The highest BCUT2D eigenvalue weighted by Gasteiger charge is 2.19. The number of nitriles is 1. The molecular weight excluding hydrogens is 619 g/mol. The van der Waals surface area contributed by atoms with Gasteiger partial charge in [-0.3, -0.25) is 4.98 Å². The molecule has 0 saturated heterocycles. The van der Waals surface area contributed by atoms with Gasteiger partial charge in [0.2, 0.25) is 0 Å². The number of fused-ring (bicyclic) bond motifs is 6. The molecule has 236 valence electrons. The first kappa shape index (κ1) is 28.9. The zero-order valence-corrected chi connectivity index (χ0v) is 27.6. The van der Waals surface area contributed by atoms with Crippen LogP contribution < -0.4 is 0 Å². The van der Waals surface area contributed by atoms with Crippen molar-refractivity contribution in [2.45, 2.75) is 0 Å². The van der Waals surface area contributed by atoms with Crippen LogP contribution >= 0.6 is 0 Å². The van der Waals surface area contributed by atoms with Crippen molar-refractivity contribution in [1.82, 2.24) is 9.55 Å². The minimum absolute atomic E-state index is 0.650. The van der Waals surface area contributed by atoms with Crippen molar-refractivity contribution >= 4 is 54.1 Å². The quantitative estimate of drug-likeness (QED) is 0.178. The number of hydrogen-bond donors (Lipinski definition) is 0. The van der Waals surface area contributed by atoms with Gasteiger partial charge in [-0.1, -0.05) is 115 Å². The third kappa shape index (κ3) is 4.55. The average Bonchev–Trinajstić information content (AvgIpc) is 3.52. The molecule has 10 aromatic rings. The molecule has 2 heterocycles. The summed E-state index contributed by atoms with van der Waals surface area (Å²) in [5.41, 5.74) is 10.9. The first-order valence-corrected chi connectivity index (χ1v) is 17.2. The lowest BCUT2D eigenvalue weighted by atomic mass is 9.85. The van der Waals surface area contributed by atoms with Crippen molar-refractivity contribution in [2.24, 2.45) is 0 Å². The number of aromatic nitrogens is 2. The molecule has 8 aromatic carbocycles. The summed E-state index contributed by atoms with van der Waals surface area (Å²) in [6, 6.07) is 60.6. The summed E-state index contributed by atoms with van der Waals surface area (Å²) in [6.45, 7) is 0. The van der Waals surface area contributed by atoms with E-state index in [-0.39, 0.29) is 0 Å². The van der Waals surface area contributed by atoms with Crippen LogP contribution in [0.1, 0.15) is 5.56 Å². The second-order valence-corrected chi connectivity index (χ2v) is 13.1. The number of hydrogen-bond acceptors (Lipinski definition) is 2. The maximum Gasteiger partial charge on any atom is 0.0991 e. The fraction of sp³-hybridized carbons (Fsp3) is 0. The van der Waals surface area contributed by atoms with Crippen LogP contribution in [0, 0.1) is 11.3 Å². The first-order chi connectivity index (χ1) is 25.3. The average molecular weight is 648 g/mol. The van der Waals surface area contributed by atoms with Gasteiger partial charge < -0.3 is 4.57 Å². The van der Waals surface area contributed by atoms with Gasteiger partial charge in [-0.15, -0.1) is 0 Å². The smallest absolute Gasteiger partial charge is 0.0991 e. The Labute approximate surface area is 294 Å². The Kier molecular flexibility index (Phi) is 6.56. The number of pyridine rings is 1. The van der Waals surface area contributed by atoms with Gasteiger partial charge in [-0.25, -0.2) is 0 Å². The minimum atomic E-state index is 0.650. The minimum Gasteiger partial charge on any atom is -0.309 e. The van der Waals surface area contributed by atoms with Crippen LogP contribution in [-0.2, 0) is 0 Å². The molecule has 0 aliphatic rings. The van der Waals surface area contributed by atoms with Crippen molar-refractivity contribution < 1.29 is 0 Å². The zero-order valence-electron chi connectivity index (χ0n) is 27.6. The molecule has 0 unspecified atom stereocenters. The van der Waals surface area contributed by atoms with E-state index in [0.717, 1.165) is 44.2 Å². The summed E-state index contributed by atoms with van der Waals surface area (Å²) in [5, 5.41) is 19.3. The summed E-state index contributed by atoms with van der Waals surface area (Å²) >= 11 is 0. The third-order valence-corrected chi connectivity index (χ3v) is 10.3. The summed E-state index contributed by atoms with van der Waals surface area (Å²) in [6.07, 6.45) is 3.80. The molecule has 0 bridgehead atoms.